The molecule has 6 nitrogen and oxygen atoms in total. The summed E-state index contributed by atoms with van der Waals surface area (Å²) in [5.74, 6) is 0.225. The quantitative estimate of drug-likeness (QED) is 0.676. The van der Waals surface area contributed by atoms with Gasteiger partial charge in [0, 0.05) is 24.1 Å². The number of ether oxygens (including phenoxy) is 1. The molecule has 0 N–H and O–H groups in total. The molecular formula is C18H18N2O4. The van der Waals surface area contributed by atoms with Gasteiger partial charge in [0.05, 0.1) is 25.5 Å². The van der Waals surface area contributed by atoms with Gasteiger partial charge in [0.15, 0.2) is 0 Å². The topological polar surface area (TPSA) is 64.7 Å². The van der Waals surface area contributed by atoms with Gasteiger partial charge in [-0.1, -0.05) is 18.2 Å². The molecule has 24 heavy (non-hydrogen) atoms. The van der Waals surface area contributed by atoms with E-state index in [-0.39, 0.29) is 12.5 Å². The molecule has 1 aromatic carbocycles. The van der Waals surface area contributed by atoms with Crippen molar-refractivity contribution in [3.05, 3.63) is 60.2 Å². The molecule has 0 aliphatic carbocycles. The molecule has 3 aromatic rings. The number of aromatic nitrogens is 1. The Hall–Kier alpha value is -3.02. The molecule has 0 spiro atoms. The molecule has 0 radical (unpaired) electrons. The first kappa shape index (κ1) is 15.9. The van der Waals surface area contributed by atoms with Crippen molar-refractivity contribution in [1.82, 2.24) is 9.47 Å². The summed E-state index contributed by atoms with van der Waals surface area (Å²) in [6, 6.07) is 11.1. The largest absolute Gasteiger partial charge is 0.467 e. The summed E-state index contributed by atoms with van der Waals surface area (Å²) < 4.78 is 11.8. The molecule has 0 saturated carbocycles. The standard InChI is InChI=1S/C18H18N2O4/c1-19(10-13-6-5-9-24-13)17(21)12-20-11-15(18(22)23-2)14-7-3-4-8-16(14)20/h3-9,11H,10,12H2,1-2H3. The highest BCUT2D eigenvalue weighted by atomic mass is 16.5. The number of hydrogen-bond acceptors (Lipinski definition) is 4. The minimum Gasteiger partial charge on any atom is -0.467 e. The van der Waals surface area contributed by atoms with Crippen LogP contribution >= 0.6 is 0 Å². The lowest BCUT2D eigenvalue weighted by Gasteiger charge is -2.16. The van der Waals surface area contributed by atoms with Crippen LogP contribution in [0.1, 0.15) is 16.1 Å². The van der Waals surface area contributed by atoms with E-state index in [0.717, 1.165) is 16.7 Å². The molecule has 0 aliphatic heterocycles. The number of fused-ring (bicyclic) bond motifs is 1. The summed E-state index contributed by atoms with van der Waals surface area (Å²) in [6.07, 6.45) is 3.24. The van der Waals surface area contributed by atoms with Gasteiger partial charge in [0.25, 0.3) is 0 Å². The zero-order chi connectivity index (χ0) is 17.1. The SMILES string of the molecule is COC(=O)c1cn(CC(=O)N(C)Cc2ccco2)c2ccccc12. The van der Waals surface area contributed by atoms with E-state index in [1.807, 2.05) is 30.3 Å². The summed E-state index contributed by atoms with van der Waals surface area (Å²) in [5.41, 5.74) is 1.27. The van der Waals surface area contributed by atoms with Crippen LogP contribution in [0, 0.1) is 0 Å². The number of likely N-dealkylation sites (N-methyl/N-ethyl adjacent to an activating group) is 1. The van der Waals surface area contributed by atoms with Crippen LogP contribution < -0.4 is 0 Å². The van der Waals surface area contributed by atoms with Gasteiger partial charge in [-0.15, -0.1) is 0 Å². The second kappa shape index (κ2) is 6.62. The van der Waals surface area contributed by atoms with E-state index in [1.54, 1.807) is 35.0 Å². The Labute approximate surface area is 139 Å². The Morgan fingerprint density at radius 3 is 2.71 bits per heavy atom. The van der Waals surface area contributed by atoms with Gasteiger partial charge in [-0.25, -0.2) is 4.79 Å². The monoisotopic (exact) mass is 326 g/mol. The van der Waals surface area contributed by atoms with E-state index in [1.165, 1.54) is 7.11 Å². The Morgan fingerprint density at radius 2 is 2.00 bits per heavy atom. The molecule has 1 amide bonds. The fourth-order valence-corrected chi connectivity index (χ4v) is 2.64. The van der Waals surface area contributed by atoms with Gasteiger partial charge in [-0.3, -0.25) is 4.79 Å². The van der Waals surface area contributed by atoms with E-state index in [4.69, 9.17) is 9.15 Å². The van der Waals surface area contributed by atoms with Crippen molar-refractivity contribution in [2.75, 3.05) is 14.2 Å². The Balaban J connectivity index is 1.84. The first-order chi connectivity index (χ1) is 11.6. The maximum absolute atomic E-state index is 12.5. The van der Waals surface area contributed by atoms with Crippen LogP contribution in [0.4, 0.5) is 0 Å². The number of furan rings is 1. The van der Waals surface area contributed by atoms with Crippen LogP contribution in [0.3, 0.4) is 0 Å². The van der Waals surface area contributed by atoms with E-state index in [9.17, 15) is 9.59 Å². The number of esters is 1. The van der Waals surface area contributed by atoms with Crippen LogP contribution in [-0.2, 0) is 22.6 Å². The highest BCUT2D eigenvalue weighted by molar-refractivity contribution is 6.04. The zero-order valence-electron chi connectivity index (χ0n) is 13.6. The first-order valence-electron chi connectivity index (χ1n) is 7.52. The van der Waals surface area contributed by atoms with Gasteiger partial charge in [0.2, 0.25) is 5.91 Å². The minimum atomic E-state index is -0.415. The van der Waals surface area contributed by atoms with E-state index in [2.05, 4.69) is 0 Å². The fraction of sp³-hybridized carbons (Fsp3) is 0.222. The zero-order valence-corrected chi connectivity index (χ0v) is 13.6. The van der Waals surface area contributed by atoms with E-state index < -0.39 is 5.97 Å². The van der Waals surface area contributed by atoms with Crippen molar-refractivity contribution in [1.29, 1.82) is 0 Å². The highest BCUT2D eigenvalue weighted by Crippen LogP contribution is 2.22. The smallest absolute Gasteiger partial charge is 0.340 e. The molecule has 0 bridgehead atoms. The Bertz CT molecular complexity index is 864. The summed E-state index contributed by atoms with van der Waals surface area (Å²) in [5, 5.41) is 0.769. The molecule has 124 valence electrons. The number of rotatable bonds is 5. The lowest BCUT2D eigenvalue weighted by Crippen LogP contribution is -2.29. The molecule has 6 heteroatoms. The summed E-state index contributed by atoms with van der Waals surface area (Å²) in [7, 11) is 3.06. The number of nitrogens with zero attached hydrogens (tertiary/aromatic N) is 2. The molecular weight excluding hydrogens is 308 g/mol. The fourth-order valence-electron chi connectivity index (χ4n) is 2.64. The maximum Gasteiger partial charge on any atom is 0.340 e. The van der Waals surface area contributed by atoms with Crippen molar-refractivity contribution < 1.29 is 18.7 Å². The molecule has 0 unspecified atom stereocenters. The minimum absolute atomic E-state index is 0.0800. The molecule has 0 saturated heterocycles. The van der Waals surface area contributed by atoms with Gasteiger partial charge in [-0.05, 0) is 18.2 Å². The predicted molar refractivity (Wildman–Crippen MR) is 88.5 cm³/mol. The number of methoxy groups -OCH3 is 1. The number of para-hydroxylation sites is 1. The van der Waals surface area contributed by atoms with Gasteiger partial charge in [0.1, 0.15) is 12.3 Å². The Kier molecular flexibility index (Phi) is 4.37. The molecule has 0 atom stereocenters. The lowest BCUT2D eigenvalue weighted by molar-refractivity contribution is -0.131. The normalized spacial score (nSPS) is 10.8. The van der Waals surface area contributed by atoms with E-state index in [0.29, 0.717) is 12.1 Å². The van der Waals surface area contributed by atoms with Crippen molar-refractivity contribution in [2.45, 2.75) is 13.1 Å². The molecule has 2 heterocycles. The third-order valence-electron chi connectivity index (χ3n) is 3.90. The lowest BCUT2D eigenvalue weighted by atomic mass is 10.2. The number of hydrogen-bond donors (Lipinski definition) is 0. The van der Waals surface area contributed by atoms with Crippen LogP contribution in [0.15, 0.2) is 53.3 Å². The van der Waals surface area contributed by atoms with Crippen LogP contribution in [0.2, 0.25) is 0 Å². The second-order valence-corrected chi connectivity index (χ2v) is 5.51. The van der Waals surface area contributed by atoms with Crippen molar-refractivity contribution in [3.8, 4) is 0 Å². The van der Waals surface area contributed by atoms with Crippen molar-refractivity contribution >= 4 is 22.8 Å². The number of benzene rings is 1. The molecule has 0 aliphatic rings. The average Bonchev–Trinajstić information content (AvgIpc) is 3.22. The highest BCUT2D eigenvalue weighted by Gasteiger charge is 2.18. The molecule has 2 aromatic heterocycles. The molecule has 3 rings (SSSR count). The van der Waals surface area contributed by atoms with Gasteiger partial charge in [-0.2, -0.15) is 0 Å². The summed E-state index contributed by atoms with van der Waals surface area (Å²) in [4.78, 5) is 26.0. The Morgan fingerprint density at radius 1 is 1.21 bits per heavy atom. The predicted octanol–water partition coefficient (Wildman–Crippen LogP) is 2.68. The number of carbonyl (C=O) groups is 2. The summed E-state index contributed by atoms with van der Waals surface area (Å²) in [6.45, 7) is 0.531. The summed E-state index contributed by atoms with van der Waals surface area (Å²) >= 11 is 0. The molecule has 0 fully saturated rings. The number of carbonyl (C=O) groups excluding carboxylic acids is 2. The van der Waals surface area contributed by atoms with Crippen LogP contribution in [0.25, 0.3) is 10.9 Å². The third kappa shape index (κ3) is 3.03. The van der Waals surface area contributed by atoms with Gasteiger partial charge >= 0.3 is 5.97 Å². The van der Waals surface area contributed by atoms with Crippen LogP contribution in [0.5, 0.6) is 0 Å². The van der Waals surface area contributed by atoms with Gasteiger partial charge < -0.3 is 18.6 Å². The van der Waals surface area contributed by atoms with Crippen molar-refractivity contribution in [2.24, 2.45) is 0 Å². The number of amides is 1. The van der Waals surface area contributed by atoms with Crippen LogP contribution in [-0.4, -0.2) is 35.5 Å². The maximum atomic E-state index is 12.5. The van der Waals surface area contributed by atoms with Crippen molar-refractivity contribution in [3.63, 3.8) is 0 Å². The third-order valence-corrected chi connectivity index (χ3v) is 3.90. The first-order valence-corrected chi connectivity index (χ1v) is 7.52. The average molecular weight is 326 g/mol. The van der Waals surface area contributed by atoms with E-state index >= 15 is 0 Å². The second-order valence-electron chi connectivity index (χ2n) is 5.51.